The molecule has 0 radical (unpaired) electrons. The minimum atomic E-state index is -0.251. The van der Waals surface area contributed by atoms with Crippen molar-refractivity contribution in [2.45, 2.75) is 6.92 Å². The molecule has 2 amide bonds. The molecule has 0 bridgehead atoms. The number of fused-ring (bicyclic) bond motifs is 4. The molecule has 26 heavy (non-hydrogen) atoms. The third-order valence-corrected chi connectivity index (χ3v) is 5.16. The minimum absolute atomic E-state index is 0.247. The summed E-state index contributed by atoms with van der Waals surface area (Å²) >= 11 is 0. The molecule has 3 aromatic carbocycles. The maximum Gasteiger partial charge on any atom is 0.263 e. The van der Waals surface area contributed by atoms with Crippen molar-refractivity contribution in [2.75, 3.05) is 7.05 Å². The fraction of sp³-hybridized carbons (Fsp3) is 0.0909. The number of aryl methyl sites for hydroxylation is 1. The third kappa shape index (κ3) is 1.78. The summed E-state index contributed by atoms with van der Waals surface area (Å²) in [4.78, 5) is 26.3. The van der Waals surface area contributed by atoms with E-state index in [1.165, 1.54) is 17.5 Å². The molecule has 4 nitrogen and oxygen atoms in total. The van der Waals surface area contributed by atoms with Gasteiger partial charge in [0.05, 0.1) is 27.8 Å². The van der Waals surface area contributed by atoms with Crippen LogP contribution in [-0.4, -0.2) is 28.3 Å². The van der Waals surface area contributed by atoms with E-state index < -0.39 is 0 Å². The summed E-state index contributed by atoms with van der Waals surface area (Å²) < 4.78 is 2.09. The van der Waals surface area contributed by atoms with Gasteiger partial charge in [0.25, 0.3) is 11.8 Å². The Morgan fingerprint density at radius 1 is 0.769 bits per heavy atom. The number of hydrogen-bond donors (Lipinski definition) is 0. The van der Waals surface area contributed by atoms with Gasteiger partial charge in [-0.3, -0.25) is 14.5 Å². The van der Waals surface area contributed by atoms with Gasteiger partial charge in [-0.2, -0.15) is 0 Å². The fourth-order valence-electron chi connectivity index (χ4n) is 3.92. The fourth-order valence-corrected chi connectivity index (χ4v) is 3.92. The highest BCUT2D eigenvalue weighted by Crippen LogP contribution is 2.36. The van der Waals surface area contributed by atoms with Gasteiger partial charge in [0, 0.05) is 17.8 Å². The lowest BCUT2D eigenvalue weighted by molar-refractivity contribution is 0.0693. The number of imide groups is 1. The van der Waals surface area contributed by atoms with E-state index in [2.05, 4.69) is 41.8 Å². The van der Waals surface area contributed by atoms with Crippen LogP contribution in [0.3, 0.4) is 0 Å². The van der Waals surface area contributed by atoms with Crippen molar-refractivity contribution in [3.63, 3.8) is 0 Å². The molecule has 126 valence electrons. The molecule has 4 aromatic rings. The minimum Gasteiger partial charge on any atom is -0.308 e. The van der Waals surface area contributed by atoms with Gasteiger partial charge in [-0.05, 0) is 37.3 Å². The number of benzene rings is 3. The van der Waals surface area contributed by atoms with E-state index in [9.17, 15) is 9.59 Å². The lowest BCUT2D eigenvalue weighted by Crippen LogP contribution is -2.24. The Labute approximate surface area is 150 Å². The number of nitrogens with zero attached hydrogens (tertiary/aromatic N) is 2. The van der Waals surface area contributed by atoms with E-state index in [1.807, 2.05) is 24.3 Å². The summed E-state index contributed by atoms with van der Waals surface area (Å²) in [5.41, 5.74) is 4.93. The van der Waals surface area contributed by atoms with Gasteiger partial charge in [0.15, 0.2) is 0 Å². The first kappa shape index (κ1) is 14.9. The second-order valence-corrected chi connectivity index (χ2v) is 6.74. The standard InChI is InChI=1S/C22H16N2O2/c1-13-10-11-18-16(12-13)14-6-3-4-8-17(14)24(18)19-9-5-7-15-20(19)22(26)23(2)21(15)25/h3-12H,1-2H3. The summed E-state index contributed by atoms with van der Waals surface area (Å²) in [7, 11) is 1.53. The van der Waals surface area contributed by atoms with Crippen molar-refractivity contribution in [3.8, 4) is 5.69 Å². The molecule has 0 atom stereocenters. The van der Waals surface area contributed by atoms with Crippen LogP contribution in [0.15, 0.2) is 60.7 Å². The molecule has 2 heterocycles. The molecule has 0 unspecified atom stereocenters. The van der Waals surface area contributed by atoms with Crippen molar-refractivity contribution in [1.82, 2.24) is 9.47 Å². The number of carbonyl (C=O) groups excluding carboxylic acids is 2. The highest BCUT2D eigenvalue weighted by molar-refractivity contribution is 6.23. The Hall–Kier alpha value is -3.40. The Kier molecular flexibility index (Phi) is 2.89. The number of rotatable bonds is 1. The zero-order chi connectivity index (χ0) is 18.0. The smallest absolute Gasteiger partial charge is 0.263 e. The number of para-hydroxylation sites is 1. The molecule has 5 rings (SSSR count). The number of aromatic nitrogens is 1. The average Bonchev–Trinajstić information content (AvgIpc) is 3.09. The number of carbonyl (C=O) groups is 2. The van der Waals surface area contributed by atoms with Crippen LogP contribution >= 0.6 is 0 Å². The zero-order valence-electron chi connectivity index (χ0n) is 14.5. The molecule has 1 aliphatic heterocycles. The average molecular weight is 340 g/mol. The second kappa shape index (κ2) is 5.05. The monoisotopic (exact) mass is 340 g/mol. The zero-order valence-corrected chi connectivity index (χ0v) is 14.5. The summed E-state index contributed by atoms with van der Waals surface area (Å²) in [5, 5.41) is 2.28. The van der Waals surface area contributed by atoms with Gasteiger partial charge in [-0.1, -0.05) is 35.9 Å². The molecule has 0 spiro atoms. The van der Waals surface area contributed by atoms with Crippen LogP contribution in [0.25, 0.3) is 27.5 Å². The highest BCUT2D eigenvalue weighted by Gasteiger charge is 2.35. The van der Waals surface area contributed by atoms with E-state index >= 15 is 0 Å². The molecular formula is C22H16N2O2. The SMILES string of the molecule is Cc1ccc2c(c1)c1ccccc1n2-c1cccc2c1C(=O)N(C)C2=O. The first-order valence-electron chi connectivity index (χ1n) is 8.53. The Bertz CT molecular complexity index is 1250. The third-order valence-electron chi connectivity index (χ3n) is 5.16. The van der Waals surface area contributed by atoms with E-state index in [0.717, 1.165) is 27.5 Å². The number of amides is 2. The quantitative estimate of drug-likeness (QED) is 0.484. The number of hydrogen-bond acceptors (Lipinski definition) is 2. The highest BCUT2D eigenvalue weighted by atomic mass is 16.2. The van der Waals surface area contributed by atoms with Gasteiger partial charge in [-0.15, -0.1) is 0 Å². The lowest BCUT2D eigenvalue weighted by Gasteiger charge is -2.11. The van der Waals surface area contributed by atoms with Crippen LogP contribution in [-0.2, 0) is 0 Å². The molecule has 1 aliphatic rings. The first-order chi connectivity index (χ1) is 12.6. The summed E-state index contributed by atoms with van der Waals surface area (Å²) in [5.74, 6) is -0.498. The maximum absolute atomic E-state index is 12.7. The van der Waals surface area contributed by atoms with Crippen molar-refractivity contribution in [2.24, 2.45) is 0 Å². The molecule has 1 aromatic heterocycles. The maximum atomic E-state index is 12.7. The molecule has 0 fully saturated rings. The predicted octanol–water partition coefficient (Wildman–Crippen LogP) is 4.32. The van der Waals surface area contributed by atoms with E-state index in [4.69, 9.17) is 0 Å². The molecular weight excluding hydrogens is 324 g/mol. The second-order valence-electron chi connectivity index (χ2n) is 6.74. The van der Waals surface area contributed by atoms with E-state index in [-0.39, 0.29) is 11.8 Å². The largest absolute Gasteiger partial charge is 0.308 e. The Balaban J connectivity index is 1.96. The molecule has 4 heteroatoms. The van der Waals surface area contributed by atoms with Crippen LogP contribution < -0.4 is 0 Å². The normalized spacial score (nSPS) is 13.8. The van der Waals surface area contributed by atoms with Crippen molar-refractivity contribution < 1.29 is 9.59 Å². The summed E-state index contributed by atoms with van der Waals surface area (Å²) in [6.07, 6.45) is 0. The van der Waals surface area contributed by atoms with Crippen LogP contribution in [0.1, 0.15) is 26.3 Å². The van der Waals surface area contributed by atoms with Gasteiger partial charge in [-0.25, -0.2) is 0 Å². The van der Waals surface area contributed by atoms with E-state index in [1.54, 1.807) is 6.07 Å². The van der Waals surface area contributed by atoms with Gasteiger partial charge >= 0.3 is 0 Å². The Morgan fingerprint density at radius 2 is 1.54 bits per heavy atom. The predicted molar refractivity (Wildman–Crippen MR) is 102 cm³/mol. The van der Waals surface area contributed by atoms with Crippen molar-refractivity contribution >= 4 is 33.6 Å². The van der Waals surface area contributed by atoms with Crippen molar-refractivity contribution in [1.29, 1.82) is 0 Å². The van der Waals surface area contributed by atoms with Gasteiger partial charge < -0.3 is 4.57 Å². The lowest BCUT2D eigenvalue weighted by atomic mass is 10.1. The molecule has 0 aliphatic carbocycles. The molecule has 0 N–H and O–H groups in total. The summed E-state index contributed by atoms with van der Waals surface area (Å²) in [6, 6.07) is 19.9. The van der Waals surface area contributed by atoms with Gasteiger partial charge in [0.1, 0.15) is 0 Å². The summed E-state index contributed by atoms with van der Waals surface area (Å²) in [6.45, 7) is 2.07. The first-order valence-corrected chi connectivity index (χ1v) is 8.53. The van der Waals surface area contributed by atoms with Crippen LogP contribution in [0.2, 0.25) is 0 Å². The van der Waals surface area contributed by atoms with Crippen LogP contribution in [0.5, 0.6) is 0 Å². The Morgan fingerprint density at radius 3 is 2.38 bits per heavy atom. The van der Waals surface area contributed by atoms with E-state index in [0.29, 0.717) is 11.1 Å². The molecule has 0 saturated carbocycles. The van der Waals surface area contributed by atoms with Crippen molar-refractivity contribution in [3.05, 3.63) is 77.4 Å². The van der Waals surface area contributed by atoms with Crippen LogP contribution in [0.4, 0.5) is 0 Å². The van der Waals surface area contributed by atoms with Crippen LogP contribution in [0, 0.1) is 6.92 Å². The topological polar surface area (TPSA) is 42.3 Å². The van der Waals surface area contributed by atoms with Gasteiger partial charge in [0.2, 0.25) is 0 Å². The molecule has 0 saturated heterocycles.